The molecule has 0 aliphatic carbocycles. The Hall–Kier alpha value is -1.36. The van der Waals surface area contributed by atoms with Crippen molar-refractivity contribution in [3.8, 4) is 0 Å². The fraction of sp³-hybridized carbons (Fsp3) is 0.636. The third-order valence-corrected chi connectivity index (χ3v) is 2.84. The SMILES string of the molecule is C=CC[C@H]1CCC[C@H](N)C(=O)N1CC(=O)O. The summed E-state index contributed by atoms with van der Waals surface area (Å²) in [5.41, 5.74) is 5.69. The van der Waals surface area contributed by atoms with E-state index in [1.54, 1.807) is 6.08 Å². The highest BCUT2D eigenvalue weighted by Crippen LogP contribution is 2.19. The van der Waals surface area contributed by atoms with Gasteiger partial charge in [0.2, 0.25) is 5.91 Å². The smallest absolute Gasteiger partial charge is 0.323 e. The number of likely N-dealkylation sites (tertiary alicyclic amines) is 1. The van der Waals surface area contributed by atoms with Crippen LogP contribution in [0.2, 0.25) is 0 Å². The number of carbonyl (C=O) groups excluding carboxylic acids is 1. The van der Waals surface area contributed by atoms with E-state index in [1.165, 1.54) is 4.90 Å². The Morgan fingerprint density at radius 1 is 1.62 bits per heavy atom. The molecule has 1 amide bonds. The molecule has 5 heteroatoms. The molecule has 1 aliphatic heterocycles. The number of hydrogen-bond donors (Lipinski definition) is 2. The van der Waals surface area contributed by atoms with Gasteiger partial charge < -0.3 is 15.7 Å². The highest BCUT2D eigenvalue weighted by atomic mass is 16.4. The fourth-order valence-corrected chi connectivity index (χ4v) is 2.04. The lowest BCUT2D eigenvalue weighted by molar-refractivity contribution is -0.146. The van der Waals surface area contributed by atoms with E-state index in [9.17, 15) is 9.59 Å². The Morgan fingerprint density at radius 2 is 2.31 bits per heavy atom. The van der Waals surface area contributed by atoms with Crippen LogP contribution in [0.5, 0.6) is 0 Å². The largest absolute Gasteiger partial charge is 0.480 e. The summed E-state index contributed by atoms with van der Waals surface area (Å²) in [5, 5.41) is 8.79. The van der Waals surface area contributed by atoms with E-state index in [2.05, 4.69) is 6.58 Å². The van der Waals surface area contributed by atoms with Gasteiger partial charge >= 0.3 is 5.97 Å². The van der Waals surface area contributed by atoms with Crippen molar-refractivity contribution >= 4 is 11.9 Å². The lowest BCUT2D eigenvalue weighted by Crippen LogP contribution is -2.48. The number of amides is 1. The second kappa shape index (κ2) is 5.65. The van der Waals surface area contributed by atoms with Crippen LogP contribution < -0.4 is 5.73 Å². The first-order valence-electron chi connectivity index (χ1n) is 5.45. The Kier molecular flexibility index (Phi) is 4.49. The lowest BCUT2D eigenvalue weighted by atomic mass is 10.1. The molecule has 0 aromatic heterocycles. The summed E-state index contributed by atoms with van der Waals surface area (Å²) in [7, 11) is 0. The Bertz CT molecular complexity index is 291. The van der Waals surface area contributed by atoms with Crippen molar-refractivity contribution in [3.63, 3.8) is 0 Å². The molecule has 0 spiro atoms. The van der Waals surface area contributed by atoms with E-state index in [0.29, 0.717) is 12.8 Å². The number of carboxylic acid groups (broad SMARTS) is 1. The second-order valence-electron chi connectivity index (χ2n) is 4.08. The van der Waals surface area contributed by atoms with Crippen molar-refractivity contribution in [2.45, 2.75) is 37.8 Å². The molecule has 1 aliphatic rings. The average Bonchev–Trinajstić information content (AvgIpc) is 2.33. The van der Waals surface area contributed by atoms with Gasteiger partial charge in [-0.3, -0.25) is 9.59 Å². The number of nitrogens with two attached hydrogens (primary N) is 1. The zero-order valence-electron chi connectivity index (χ0n) is 9.26. The summed E-state index contributed by atoms with van der Waals surface area (Å²) in [6.45, 7) is 3.35. The van der Waals surface area contributed by atoms with Gasteiger partial charge in [0.25, 0.3) is 0 Å². The van der Waals surface area contributed by atoms with E-state index in [1.807, 2.05) is 0 Å². The summed E-state index contributed by atoms with van der Waals surface area (Å²) >= 11 is 0. The van der Waals surface area contributed by atoms with Gasteiger partial charge in [0.05, 0.1) is 6.04 Å². The van der Waals surface area contributed by atoms with Crippen LogP contribution in [0.1, 0.15) is 25.7 Å². The predicted molar refractivity (Wildman–Crippen MR) is 59.8 cm³/mol. The van der Waals surface area contributed by atoms with E-state index in [4.69, 9.17) is 10.8 Å². The zero-order chi connectivity index (χ0) is 12.1. The number of nitrogens with zero attached hydrogens (tertiary/aromatic N) is 1. The molecular formula is C11H18N2O3. The molecule has 16 heavy (non-hydrogen) atoms. The number of rotatable bonds is 4. The van der Waals surface area contributed by atoms with E-state index in [0.717, 1.165) is 12.8 Å². The van der Waals surface area contributed by atoms with Crippen LogP contribution in [0.15, 0.2) is 12.7 Å². The third kappa shape index (κ3) is 3.06. The van der Waals surface area contributed by atoms with Crippen LogP contribution in [-0.2, 0) is 9.59 Å². The summed E-state index contributed by atoms with van der Waals surface area (Å²) < 4.78 is 0. The molecule has 0 unspecified atom stereocenters. The highest BCUT2D eigenvalue weighted by molar-refractivity contribution is 5.85. The van der Waals surface area contributed by atoms with Gasteiger partial charge in [-0.25, -0.2) is 0 Å². The molecule has 1 fully saturated rings. The fourth-order valence-electron chi connectivity index (χ4n) is 2.04. The molecule has 1 heterocycles. The number of carboxylic acids is 1. The molecule has 0 saturated carbocycles. The maximum atomic E-state index is 11.9. The molecular weight excluding hydrogens is 208 g/mol. The molecule has 0 aromatic rings. The van der Waals surface area contributed by atoms with E-state index in [-0.39, 0.29) is 18.5 Å². The van der Waals surface area contributed by atoms with Crippen LogP contribution in [0.4, 0.5) is 0 Å². The molecule has 0 aromatic carbocycles. The number of hydrogen-bond acceptors (Lipinski definition) is 3. The van der Waals surface area contributed by atoms with Crippen LogP contribution in [0.3, 0.4) is 0 Å². The topological polar surface area (TPSA) is 83.6 Å². The van der Waals surface area contributed by atoms with Crippen molar-refractivity contribution in [1.82, 2.24) is 4.90 Å². The Labute approximate surface area is 94.9 Å². The molecule has 0 radical (unpaired) electrons. The second-order valence-corrected chi connectivity index (χ2v) is 4.08. The lowest BCUT2D eigenvalue weighted by Gasteiger charge is -2.28. The number of aliphatic carboxylic acids is 1. The molecule has 3 N–H and O–H groups in total. The molecule has 90 valence electrons. The van der Waals surface area contributed by atoms with Crippen molar-refractivity contribution in [2.75, 3.05) is 6.54 Å². The zero-order valence-corrected chi connectivity index (χ0v) is 9.26. The Morgan fingerprint density at radius 3 is 2.88 bits per heavy atom. The molecule has 2 atom stereocenters. The molecule has 1 saturated heterocycles. The van der Waals surface area contributed by atoms with E-state index < -0.39 is 12.0 Å². The van der Waals surface area contributed by atoms with Gasteiger partial charge in [-0.2, -0.15) is 0 Å². The minimum absolute atomic E-state index is 0.0744. The van der Waals surface area contributed by atoms with Gasteiger partial charge in [-0.1, -0.05) is 6.08 Å². The minimum Gasteiger partial charge on any atom is -0.480 e. The van der Waals surface area contributed by atoms with Crippen LogP contribution in [-0.4, -0.2) is 40.5 Å². The Balaban J connectivity index is 2.82. The van der Waals surface area contributed by atoms with Gasteiger partial charge in [-0.15, -0.1) is 6.58 Å². The third-order valence-electron chi connectivity index (χ3n) is 2.84. The number of carbonyl (C=O) groups is 2. The summed E-state index contributed by atoms with van der Waals surface area (Å²) in [6.07, 6.45) is 4.60. The summed E-state index contributed by atoms with van der Waals surface area (Å²) in [4.78, 5) is 24.0. The quantitative estimate of drug-likeness (QED) is 0.678. The van der Waals surface area contributed by atoms with Crippen LogP contribution >= 0.6 is 0 Å². The highest BCUT2D eigenvalue weighted by Gasteiger charge is 2.31. The molecule has 0 bridgehead atoms. The molecule has 1 rings (SSSR count). The van der Waals surface area contributed by atoms with E-state index >= 15 is 0 Å². The minimum atomic E-state index is -1.00. The molecule has 5 nitrogen and oxygen atoms in total. The van der Waals surface area contributed by atoms with Crippen molar-refractivity contribution in [2.24, 2.45) is 5.73 Å². The predicted octanol–water partition coefficient (Wildman–Crippen LogP) is 0.355. The van der Waals surface area contributed by atoms with Crippen LogP contribution in [0.25, 0.3) is 0 Å². The van der Waals surface area contributed by atoms with Crippen molar-refractivity contribution in [1.29, 1.82) is 0 Å². The summed E-state index contributed by atoms with van der Waals surface area (Å²) in [5.74, 6) is -1.26. The maximum Gasteiger partial charge on any atom is 0.323 e. The average molecular weight is 226 g/mol. The first-order valence-corrected chi connectivity index (χ1v) is 5.45. The van der Waals surface area contributed by atoms with Gasteiger partial charge in [0.15, 0.2) is 0 Å². The summed E-state index contributed by atoms with van der Waals surface area (Å²) in [6, 6.07) is -0.635. The van der Waals surface area contributed by atoms with Crippen LogP contribution in [0, 0.1) is 0 Å². The standard InChI is InChI=1S/C11H18N2O3/c1-2-4-8-5-3-6-9(12)11(16)13(8)7-10(14)15/h2,8-9H,1,3-7,12H2,(H,14,15)/t8-,9-/m0/s1. The van der Waals surface area contributed by atoms with Gasteiger partial charge in [0, 0.05) is 6.04 Å². The van der Waals surface area contributed by atoms with Gasteiger partial charge in [-0.05, 0) is 25.7 Å². The van der Waals surface area contributed by atoms with Crippen molar-refractivity contribution in [3.05, 3.63) is 12.7 Å². The maximum absolute atomic E-state index is 11.9. The monoisotopic (exact) mass is 226 g/mol. The van der Waals surface area contributed by atoms with Crippen molar-refractivity contribution < 1.29 is 14.7 Å². The first-order chi connectivity index (χ1) is 7.56. The normalized spacial score (nSPS) is 26.3. The first kappa shape index (κ1) is 12.7. The van der Waals surface area contributed by atoms with Gasteiger partial charge in [0.1, 0.15) is 6.54 Å².